The zero-order chi connectivity index (χ0) is 16.5. The molecule has 2 rings (SSSR count). The Morgan fingerprint density at radius 2 is 1.92 bits per heavy atom. The highest BCUT2D eigenvalue weighted by Crippen LogP contribution is 2.08. The van der Waals surface area contributed by atoms with Crippen molar-refractivity contribution in [3.05, 3.63) is 35.4 Å². The molecule has 1 saturated heterocycles. The Balaban J connectivity index is 0.00000288. The van der Waals surface area contributed by atoms with E-state index in [1.165, 1.54) is 0 Å². The fraction of sp³-hybridized carbons (Fsp3) is 0.556. The Bertz CT molecular complexity index is 514. The normalized spacial score (nSPS) is 16.8. The number of hydrogen-bond acceptors (Lipinski definition) is 3. The SMILES string of the molecule is CCCCNC(=O)c1ccc(CNC(=O)C2CCCCN2)cc1.Cl. The predicted molar refractivity (Wildman–Crippen MR) is 98.4 cm³/mol. The first-order valence-electron chi connectivity index (χ1n) is 8.59. The Kier molecular flexibility index (Phi) is 9.42. The molecule has 1 aromatic carbocycles. The van der Waals surface area contributed by atoms with Crippen molar-refractivity contribution in [2.24, 2.45) is 0 Å². The van der Waals surface area contributed by atoms with Gasteiger partial charge in [0.05, 0.1) is 6.04 Å². The summed E-state index contributed by atoms with van der Waals surface area (Å²) in [5.41, 5.74) is 1.66. The van der Waals surface area contributed by atoms with Gasteiger partial charge < -0.3 is 16.0 Å². The lowest BCUT2D eigenvalue weighted by atomic mass is 10.0. The number of hydrogen-bond donors (Lipinski definition) is 3. The summed E-state index contributed by atoms with van der Waals surface area (Å²) in [4.78, 5) is 24.0. The number of carbonyl (C=O) groups is 2. The van der Waals surface area contributed by atoms with Gasteiger partial charge >= 0.3 is 0 Å². The van der Waals surface area contributed by atoms with Gasteiger partial charge in [0.2, 0.25) is 5.91 Å². The quantitative estimate of drug-likeness (QED) is 0.659. The molecule has 3 N–H and O–H groups in total. The largest absolute Gasteiger partial charge is 0.352 e. The van der Waals surface area contributed by atoms with Gasteiger partial charge in [0.1, 0.15) is 0 Å². The standard InChI is InChI=1S/C18H27N3O2.ClH/c1-2-3-11-20-17(22)15-9-7-14(8-10-15)13-21-18(23)16-6-4-5-12-19-16;/h7-10,16,19H,2-6,11-13H2,1H3,(H,20,22)(H,21,23);1H. The number of rotatable bonds is 7. The Morgan fingerprint density at radius 3 is 2.54 bits per heavy atom. The highest BCUT2D eigenvalue weighted by molar-refractivity contribution is 5.94. The molecule has 2 amide bonds. The molecule has 5 nitrogen and oxygen atoms in total. The molecule has 0 bridgehead atoms. The predicted octanol–water partition coefficient (Wildman–Crippen LogP) is 2.40. The van der Waals surface area contributed by atoms with Crippen LogP contribution < -0.4 is 16.0 Å². The van der Waals surface area contributed by atoms with Gasteiger partial charge in [-0.1, -0.05) is 31.9 Å². The number of halogens is 1. The van der Waals surface area contributed by atoms with Crippen molar-refractivity contribution in [3.8, 4) is 0 Å². The van der Waals surface area contributed by atoms with Crippen LogP contribution in [0.5, 0.6) is 0 Å². The van der Waals surface area contributed by atoms with Crippen molar-refractivity contribution < 1.29 is 9.59 Å². The third-order valence-corrected chi connectivity index (χ3v) is 4.13. The first-order chi connectivity index (χ1) is 11.2. The van der Waals surface area contributed by atoms with Crippen molar-refractivity contribution in [2.45, 2.75) is 51.6 Å². The summed E-state index contributed by atoms with van der Waals surface area (Å²) < 4.78 is 0. The Morgan fingerprint density at radius 1 is 1.17 bits per heavy atom. The van der Waals surface area contributed by atoms with Gasteiger partial charge in [-0.25, -0.2) is 0 Å². The van der Waals surface area contributed by atoms with Crippen LogP contribution in [0, 0.1) is 0 Å². The molecule has 0 aliphatic carbocycles. The maximum atomic E-state index is 12.1. The third-order valence-electron chi connectivity index (χ3n) is 4.13. The fourth-order valence-corrected chi connectivity index (χ4v) is 2.64. The number of carbonyl (C=O) groups excluding carboxylic acids is 2. The molecule has 1 aromatic rings. The molecule has 1 heterocycles. The van der Waals surface area contributed by atoms with Gasteiger partial charge in [-0.2, -0.15) is 0 Å². The topological polar surface area (TPSA) is 70.2 Å². The maximum Gasteiger partial charge on any atom is 0.251 e. The monoisotopic (exact) mass is 353 g/mol. The molecular formula is C18H28ClN3O2. The van der Waals surface area contributed by atoms with Gasteiger partial charge in [0.15, 0.2) is 0 Å². The number of piperidine rings is 1. The summed E-state index contributed by atoms with van der Waals surface area (Å²) in [6, 6.07) is 7.34. The molecule has 0 aromatic heterocycles. The number of benzene rings is 1. The number of amides is 2. The molecule has 24 heavy (non-hydrogen) atoms. The van der Waals surface area contributed by atoms with Crippen LogP contribution in [-0.4, -0.2) is 30.9 Å². The zero-order valence-electron chi connectivity index (χ0n) is 14.3. The van der Waals surface area contributed by atoms with E-state index >= 15 is 0 Å². The highest BCUT2D eigenvalue weighted by Gasteiger charge is 2.19. The first kappa shape index (κ1) is 20.5. The van der Waals surface area contributed by atoms with Crippen molar-refractivity contribution in [2.75, 3.05) is 13.1 Å². The van der Waals surface area contributed by atoms with E-state index in [4.69, 9.17) is 0 Å². The average Bonchev–Trinajstić information content (AvgIpc) is 2.61. The molecule has 0 radical (unpaired) electrons. The van der Waals surface area contributed by atoms with Gasteiger partial charge in [-0.05, 0) is 43.5 Å². The number of nitrogens with one attached hydrogen (secondary N) is 3. The molecule has 6 heteroatoms. The van der Waals surface area contributed by atoms with Crippen molar-refractivity contribution in [1.29, 1.82) is 0 Å². The summed E-state index contributed by atoms with van der Waals surface area (Å²) in [6.45, 7) is 4.22. The van der Waals surface area contributed by atoms with Gasteiger partial charge in [0.25, 0.3) is 5.91 Å². The molecule has 0 saturated carbocycles. The maximum absolute atomic E-state index is 12.1. The lowest BCUT2D eigenvalue weighted by Crippen LogP contribution is -2.46. The van der Waals surface area contributed by atoms with Crippen LogP contribution in [-0.2, 0) is 11.3 Å². The van der Waals surface area contributed by atoms with E-state index in [2.05, 4.69) is 22.9 Å². The fourth-order valence-electron chi connectivity index (χ4n) is 2.64. The second-order valence-electron chi connectivity index (χ2n) is 6.03. The van der Waals surface area contributed by atoms with Crippen LogP contribution in [0.4, 0.5) is 0 Å². The first-order valence-corrected chi connectivity index (χ1v) is 8.59. The van der Waals surface area contributed by atoms with E-state index in [0.717, 1.165) is 44.2 Å². The van der Waals surface area contributed by atoms with Gasteiger partial charge in [-0.15, -0.1) is 12.4 Å². The molecule has 1 aliphatic heterocycles. The van der Waals surface area contributed by atoms with Gasteiger partial charge in [-0.3, -0.25) is 9.59 Å². The van der Waals surface area contributed by atoms with E-state index in [1.54, 1.807) is 0 Å². The van der Waals surface area contributed by atoms with Crippen LogP contribution in [0.15, 0.2) is 24.3 Å². The second kappa shape index (κ2) is 11.0. The minimum absolute atomic E-state index is 0. The van der Waals surface area contributed by atoms with E-state index in [9.17, 15) is 9.59 Å². The summed E-state index contributed by atoms with van der Waals surface area (Å²) >= 11 is 0. The third kappa shape index (κ3) is 6.49. The smallest absolute Gasteiger partial charge is 0.251 e. The molecule has 1 atom stereocenters. The summed E-state index contributed by atoms with van der Waals surface area (Å²) in [5, 5.41) is 9.09. The number of unbranched alkanes of at least 4 members (excludes halogenated alkanes) is 1. The summed E-state index contributed by atoms with van der Waals surface area (Å²) in [7, 11) is 0. The molecule has 1 fully saturated rings. The average molecular weight is 354 g/mol. The molecule has 134 valence electrons. The minimum atomic E-state index is -0.0626. The molecule has 1 unspecified atom stereocenters. The second-order valence-corrected chi connectivity index (χ2v) is 6.03. The van der Waals surface area contributed by atoms with Crippen molar-refractivity contribution in [1.82, 2.24) is 16.0 Å². The lowest BCUT2D eigenvalue weighted by molar-refractivity contribution is -0.123. The molecule has 0 spiro atoms. The van der Waals surface area contributed by atoms with Gasteiger partial charge in [0, 0.05) is 18.7 Å². The van der Waals surface area contributed by atoms with E-state index in [1.807, 2.05) is 24.3 Å². The van der Waals surface area contributed by atoms with Crippen LogP contribution in [0.1, 0.15) is 54.9 Å². The van der Waals surface area contributed by atoms with Crippen LogP contribution in [0.25, 0.3) is 0 Å². The zero-order valence-corrected chi connectivity index (χ0v) is 15.1. The Hall–Kier alpha value is -1.59. The van der Waals surface area contributed by atoms with Crippen LogP contribution >= 0.6 is 12.4 Å². The van der Waals surface area contributed by atoms with Crippen molar-refractivity contribution >= 4 is 24.2 Å². The minimum Gasteiger partial charge on any atom is -0.352 e. The Labute approximate surface area is 150 Å². The molecular weight excluding hydrogens is 326 g/mol. The van der Waals surface area contributed by atoms with Crippen LogP contribution in [0.2, 0.25) is 0 Å². The highest BCUT2D eigenvalue weighted by atomic mass is 35.5. The summed E-state index contributed by atoms with van der Waals surface area (Å²) in [6.07, 6.45) is 5.21. The van der Waals surface area contributed by atoms with E-state index in [0.29, 0.717) is 18.7 Å². The molecule has 1 aliphatic rings. The lowest BCUT2D eigenvalue weighted by Gasteiger charge is -2.22. The van der Waals surface area contributed by atoms with Crippen LogP contribution in [0.3, 0.4) is 0 Å². The van der Waals surface area contributed by atoms with Crippen molar-refractivity contribution in [3.63, 3.8) is 0 Å². The summed E-state index contributed by atoms with van der Waals surface area (Å²) in [5.74, 6) is 0.0199. The van der Waals surface area contributed by atoms with E-state index < -0.39 is 0 Å². The van der Waals surface area contributed by atoms with E-state index in [-0.39, 0.29) is 30.3 Å².